The summed E-state index contributed by atoms with van der Waals surface area (Å²) in [6, 6.07) is 13.5. The molecule has 4 aliphatic rings. The van der Waals surface area contributed by atoms with Crippen LogP contribution in [0.1, 0.15) is 5.56 Å². The SMILES string of the molecule is O=C(Nc1ccc2c(c1)OCCO2)[C@H]1[C@H]2C=C[C@]3(CN(CCc4c[nH]c5ccccc45)C(=O)[C@@H]13)O2. The summed E-state index contributed by atoms with van der Waals surface area (Å²) in [5, 5.41) is 4.15. The van der Waals surface area contributed by atoms with Gasteiger partial charge in [0.1, 0.15) is 18.8 Å². The summed E-state index contributed by atoms with van der Waals surface area (Å²) in [5.74, 6) is -0.0450. The first-order valence-electron chi connectivity index (χ1n) is 12.0. The number of hydrogen-bond donors (Lipinski definition) is 2. The van der Waals surface area contributed by atoms with Gasteiger partial charge in [0.2, 0.25) is 11.8 Å². The predicted octanol–water partition coefficient (Wildman–Crippen LogP) is 2.90. The zero-order chi connectivity index (χ0) is 23.6. The number of carbonyl (C=O) groups excluding carboxylic acids is 2. The summed E-state index contributed by atoms with van der Waals surface area (Å²) in [7, 11) is 0. The number of aromatic amines is 1. The molecule has 0 aliphatic carbocycles. The molecule has 0 unspecified atom stereocenters. The number of para-hydroxylation sites is 1. The number of aromatic nitrogens is 1. The van der Waals surface area contributed by atoms with Crippen molar-refractivity contribution in [2.24, 2.45) is 11.8 Å². The van der Waals surface area contributed by atoms with E-state index in [0.29, 0.717) is 43.5 Å². The second-order valence-corrected chi connectivity index (χ2v) is 9.62. The van der Waals surface area contributed by atoms with E-state index < -0.39 is 23.5 Å². The molecule has 8 heteroatoms. The maximum absolute atomic E-state index is 13.5. The lowest BCUT2D eigenvalue weighted by Gasteiger charge is -2.24. The monoisotopic (exact) mass is 471 g/mol. The standard InChI is InChI=1S/C27H25N3O5/c31-25(29-17-5-6-20-22(13-17)34-12-11-33-20)23-21-7-9-27(35-21)15-30(26(32)24(23)27)10-8-16-14-28-19-4-2-1-3-18(16)19/h1-7,9,13-14,21,23-24,28H,8,10-12,15H2,(H,29,31)/t21-,23+,24-,27-/m1/s1. The Morgan fingerprint density at radius 3 is 2.91 bits per heavy atom. The van der Waals surface area contributed by atoms with Crippen molar-refractivity contribution in [1.29, 1.82) is 0 Å². The Hall–Kier alpha value is -3.78. The molecule has 4 aliphatic heterocycles. The largest absolute Gasteiger partial charge is 0.486 e. The number of fused-ring (bicyclic) bond motifs is 3. The quantitative estimate of drug-likeness (QED) is 0.559. The lowest BCUT2D eigenvalue weighted by atomic mass is 9.77. The van der Waals surface area contributed by atoms with Crippen LogP contribution in [0.25, 0.3) is 10.9 Å². The summed E-state index contributed by atoms with van der Waals surface area (Å²) >= 11 is 0. The van der Waals surface area contributed by atoms with E-state index in [2.05, 4.69) is 16.4 Å². The fourth-order valence-electron chi connectivity index (χ4n) is 6.01. The molecule has 0 radical (unpaired) electrons. The second kappa shape index (κ2) is 7.61. The molecule has 7 rings (SSSR count). The number of nitrogens with zero attached hydrogens (tertiary/aromatic N) is 1. The number of ether oxygens (including phenoxy) is 3. The molecule has 0 saturated carbocycles. The van der Waals surface area contributed by atoms with Crippen molar-refractivity contribution in [2.75, 3.05) is 31.6 Å². The summed E-state index contributed by atoms with van der Waals surface area (Å²) in [6.45, 7) is 2.03. The van der Waals surface area contributed by atoms with Gasteiger partial charge in [-0.15, -0.1) is 0 Å². The zero-order valence-corrected chi connectivity index (χ0v) is 19.0. The van der Waals surface area contributed by atoms with Gasteiger partial charge in [0.05, 0.1) is 24.5 Å². The lowest BCUT2D eigenvalue weighted by molar-refractivity contribution is -0.135. The average Bonchev–Trinajstić information content (AvgIpc) is 3.62. The van der Waals surface area contributed by atoms with Crippen LogP contribution in [0, 0.1) is 11.8 Å². The van der Waals surface area contributed by atoms with E-state index in [9.17, 15) is 9.59 Å². The van der Waals surface area contributed by atoms with Crippen LogP contribution in [0.2, 0.25) is 0 Å². The highest BCUT2D eigenvalue weighted by atomic mass is 16.6. The Bertz CT molecular complexity index is 1380. The number of benzene rings is 2. The van der Waals surface area contributed by atoms with E-state index >= 15 is 0 Å². The Morgan fingerprint density at radius 1 is 1.14 bits per heavy atom. The van der Waals surface area contributed by atoms with E-state index in [-0.39, 0.29) is 11.8 Å². The number of likely N-dealkylation sites (tertiary alicyclic amines) is 1. The Labute approximate surface area is 201 Å². The highest BCUT2D eigenvalue weighted by molar-refractivity contribution is 5.99. The molecule has 2 aromatic carbocycles. The zero-order valence-electron chi connectivity index (χ0n) is 19.0. The molecule has 178 valence electrons. The van der Waals surface area contributed by atoms with Crippen LogP contribution in [-0.2, 0) is 20.7 Å². The summed E-state index contributed by atoms with van der Waals surface area (Å²) in [4.78, 5) is 32.1. The maximum Gasteiger partial charge on any atom is 0.231 e. The van der Waals surface area contributed by atoms with Crippen molar-refractivity contribution in [3.63, 3.8) is 0 Å². The third-order valence-corrected chi connectivity index (χ3v) is 7.62. The number of amides is 2. The van der Waals surface area contributed by atoms with Gasteiger partial charge in [-0.05, 0) is 30.2 Å². The molecule has 1 aromatic heterocycles. The van der Waals surface area contributed by atoms with Gasteiger partial charge < -0.3 is 29.4 Å². The molecule has 2 bridgehead atoms. The van der Waals surface area contributed by atoms with E-state index in [1.54, 1.807) is 18.2 Å². The first kappa shape index (κ1) is 20.6. The topological polar surface area (TPSA) is 92.9 Å². The van der Waals surface area contributed by atoms with Gasteiger partial charge in [-0.25, -0.2) is 0 Å². The van der Waals surface area contributed by atoms with Crippen molar-refractivity contribution in [3.05, 3.63) is 66.4 Å². The van der Waals surface area contributed by atoms with Crippen LogP contribution in [0.4, 0.5) is 5.69 Å². The van der Waals surface area contributed by atoms with Gasteiger partial charge >= 0.3 is 0 Å². The van der Waals surface area contributed by atoms with Crippen LogP contribution in [-0.4, -0.2) is 59.7 Å². The molecule has 4 atom stereocenters. The van der Waals surface area contributed by atoms with Crippen LogP contribution in [0.15, 0.2) is 60.8 Å². The van der Waals surface area contributed by atoms with Crippen molar-refractivity contribution >= 4 is 28.4 Å². The van der Waals surface area contributed by atoms with Crippen molar-refractivity contribution in [2.45, 2.75) is 18.1 Å². The molecule has 1 spiro atoms. The van der Waals surface area contributed by atoms with Gasteiger partial charge in [-0.3, -0.25) is 9.59 Å². The third-order valence-electron chi connectivity index (χ3n) is 7.62. The highest BCUT2D eigenvalue weighted by Gasteiger charge is 2.66. The van der Waals surface area contributed by atoms with E-state index in [0.717, 1.165) is 11.9 Å². The molecular formula is C27H25N3O5. The van der Waals surface area contributed by atoms with Gasteiger partial charge in [-0.2, -0.15) is 0 Å². The molecule has 8 nitrogen and oxygen atoms in total. The summed E-state index contributed by atoms with van der Waals surface area (Å²) in [5.41, 5.74) is 2.15. The maximum atomic E-state index is 13.5. The molecule has 5 heterocycles. The van der Waals surface area contributed by atoms with Crippen molar-refractivity contribution < 1.29 is 23.8 Å². The minimum atomic E-state index is -0.725. The lowest BCUT2D eigenvalue weighted by Crippen LogP contribution is -2.41. The molecule has 2 N–H and O–H groups in total. The van der Waals surface area contributed by atoms with Gasteiger partial charge in [0.15, 0.2) is 11.5 Å². The second-order valence-electron chi connectivity index (χ2n) is 9.62. The van der Waals surface area contributed by atoms with Gasteiger partial charge in [0.25, 0.3) is 0 Å². The number of hydrogen-bond acceptors (Lipinski definition) is 5. The van der Waals surface area contributed by atoms with Crippen LogP contribution >= 0.6 is 0 Å². The molecule has 2 amide bonds. The smallest absolute Gasteiger partial charge is 0.231 e. The van der Waals surface area contributed by atoms with Crippen LogP contribution in [0.5, 0.6) is 11.5 Å². The summed E-state index contributed by atoms with van der Waals surface area (Å²) < 4.78 is 17.5. The predicted molar refractivity (Wildman–Crippen MR) is 128 cm³/mol. The normalized spacial score (nSPS) is 28.1. The Kier molecular flexibility index (Phi) is 4.48. The Balaban J connectivity index is 1.09. The number of nitrogens with one attached hydrogen (secondary N) is 2. The third kappa shape index (κ3) is 3.16. The first-order chi connectivity index (χ1) is 17.1. The fourth-order valence-corrected chi connectivity index (χ4v) is 6.01. The Morgan fingerprint density at radius 2 is 2.00 bits per heavy atom. The highest BCUT2D eigenvalue weighted by Crippen LogP contribution is 2.52. The van der Waals surface area contributed by atoms with Crippen molar-refractivity contribution in [1.82, 2.24) is 9.88 Å². The van der Waals surface area contributed by atoms with E-state index in [1.165, 1.54) is 10.9 Å². The molecular weight excluding hydrogens is 446 g/mol. The molecule has 3 aromatic rings. The molecule has 2 saturated heterocycles. The minimum Gasteiger partial charge on any atom is -0.486 e. The number of anilines is 1. The van der Waals surface area contributed by atoms with Crippen LogP contribution < -0.4 is 14.8 Å². The van der Waals surface area contributed by atoms with Crippen molar-refractivity contribution in [3.8, 4) is 11.5 Å². The number of carbonyl (C=O) groups is 2. The van der Waals surface area contributed by atoms with E-state index in [1.807, 2.05) is 41.4 Å². The minimum absolute atomic E-state index is 0.0148. The molecule has 2 fully saturated rings. The summed E-state index contributed by atoms with van der Waals surface area (Å²) in [6.07, 6.45) is 6.27. The van der Waals surface area contributed by atoms with Gasteiger partial charge in [-0.1, -0.05) is 30.4 Å². The number of rotatable bonds is 5. The fraction of sp³-hybridized carbons (Fsp3) is 0.333. The average molecular weight is 472 g/mol. The first-order valence-corrected chi connectivity index (χ1v) is 12.0. The molecule has 35 heavy (non-hydrogen) atoms. The van der Waals surface area contributed by atoms with Crippen LogP contribution in [0.3, 0.4) is 0 Å². The van der Waals surface area contributed by atoms with E-state index in [4.69, 9.17) is 14.2 Å². The number of H-pyrrole nitrogens is 1. The van der Waals surface area contributed by atoms with Gasteiger partial charge in [0, 0.05) is 35.4 Å².